The van der Waals surface area contributed by atoms with Gasteiger partial charge in [0.1, 0.15) is 4.21 Å². The van der Waals surface area contributed by atoms with Gasteiger partial charge in [0.15, 0.2) is 12.4 Å². The molecule has 1 fully saturated rings. The molecule has 0 radical (unpaired) electrons. The van der Waals surface area contributed by atoms with Crippen molar-refractivity contribution in [3.8, 4) is 5.75 Å². The summed E-state index contributed by atoms with van der Waals surface area (Å²) in [5.74, 6) is 0.444. The lowest BCUT2D eigenvalue weighted by molar-refractivity contribution is -0.118. The first-order valence-electron chi connectivity index (χ1n) is 7.20. The lowest BCUT2D eigenvalue weighted by Crippen LogP contribution is -2.26. The van der Waals surface area contributed by atoms with Crippen LogP contribution in [0.1, 0.15) is 24.3 Å². The number of amides is 1. The van der Waals surface area contributed by atoms with Gasteiger partial charge in [-0.25, -0.2) is 8.42 Å². The van der Waals surface area contributed by atoms with Crippen LogP contribution in [0.15, 0.2) is 33.9 Å². The third-order valence-corrected chi connectivity index (χ3v) is 6.68. The monoisotopic (exact) mass is 350 g/mol. The molecule has 4 rings (SSSR count). The zero-order valence-electron chi connectivity index (χ0n) is 12.0. The second-order valence-corrected chi connectivity index (χ2v) is 8.36. The summed E-state index contributed by atoms with van der Waals surface area (Å²) in [6.07, 6.45) is 2.07. The zero-order valence-corrected chi connectivity index (χ0v) is 13.7. The summed E-state index contributed by atoms with van der Waals surface area (Å²) < 4.78 is 33.8. The molecular formula is C15H14N2O4S2. The van der Waals surface area contributed by atoms with Crippen molar-refractivity contribution in [2.75, 3.05) is 16.6 Å². The van der Waals surface area contributed by atoms with Crippen LogP contribution in [-0.2, 0) is 14.8 Å². The van der Waals surface area contributed by atoms with Crippen LogP contribution in [0.4, 0.5) is 11.4 Å². The molecule has 1 aliphatic heterocycles. The Morgan fingerprint density at radius 1 is 1.26 bits per heavy atom. The molecule has 0 unspecified atom stereocenters. The van der Waals surface area contributed by atoms with Crippen LogP contribution >= 0.6 is 11.3 Å². The van der Waals surface area contributed by atoms with E-state index in [2.05, 4.69) is 10.0 Å². The standard InChI is InChI=1S/C15H14N2O4S2/c18-13-8-21-14-11(16-13)2-1-3-12(14)17-23(19,20)15-10(6-7-22-15)9-4-5-9/h1-3,6-7,9,17H,4-5,8H2,(H,16,18). The molecule has 1 amide bonds. The number of benzene rings is 1. The van der Waals surface area contributed by atoms with Gasteiger partial charge in [-0.2, -0.15) is 0 Å². The highest BCUT2D eigenvalue weighted by Gasteiger charge is 2.32. The number of fused-ring (bicyclic) bond motifs is 1. The maximum Gasteiger partial charge on any atom is 0.271 e. The van der Waals surface area contributed by atoms with Crippen LogP contribution in [0.5, 0.6) is 5.75 Å². The van der Waals surface area contributed by atoms with Crippen molar-refractivity contribution in [2.45, 2.75) is 23.0 Å². The molecule has 0 atom stereocenters. The van der Waals surface area contributed by atoms with Gasteiger partial charge in [0, 0.05) is 0 Å². The molecule has 2 N–H and O–H groups in total. The smallest absolute Gasteiger partial charge is 0.271 e. The van der Waals surface area contributed by atoms with E-state index in [4.69, 9.17) is 4.74 Å². The topological polar surface area (TPSA) is 84.5 Å². The maximum absolute atomic E-state index is 12.7. The highest BCUT2D eigenvalue weighted by Crippen LogP contribution is 2.45. The summed E-state index contributed by atoms with van der Waals surface area (Å²) in [6, 6.07) is 6.85. The largest absolute Gasteiger partial charge is 0.479 e. The Bertz CT molecular complexity index is 885. The molecule has 8 heteroatoms. The number of carbonyl (C=O) groups excluding carboxylic acids is 1. The number of anilines is 2. The van der Waals surface area contributed by atoms with Crippen LogP contribution in [0, 0.1) is 0 Å². The molecule has 2 aliphatic rings. The fourth-order valence-corrected chi connectivity index (χ4v) is 5.20. The van der Waals surface area contributed by atoms with Crippen molar-refractivity contribution < 1.29 is 17.9 Å². The minimum atomic E-state index is -3.68. The Balaban J connectivity index is 1.69. The van der Waals surface area contributed by atoms with Gasteiger partial charge in [0.2, 0.25) is 0 Å². The van der Waals surface area contributed by atoms with Gasteiger partial charge >= 0.3 is 0 Å². The Labute approximate surface area is 137 Å². The van der Waals surface area contributed by atoms with E-state index in [1.54, 1.807) is 23.6 Å². The van der Waals surface area contributed by atoms with E-state index in [0.717, 1.165) is 18.4 Å². The lowest BCUT2D eigenvalue weighted by Gasteiger charge is -2.21. The predicted octanol–water partition coefficient (Wildman–Crippen LogP) is 2.76. The molecule has 0 bridgehead atoms. The summed E-state index contributed by atoms with van der Waals surface area (Å²) in [5.41, 5.74) is 1.69. The van der Waals surface area contributed by atoms with Gasteiger partial charge in [0.25, 0.3) is 15.9 Å². The number of hydrogen-bond acceptors (Lipinski definition) is 5. The SMILES string of the molecule is O=C1COc2c(cccc2NS(=O)(=O)c2sccc2C2CC2)N1. The number of thiophene rings is 1. The molecule has 1 aromatic carbocycles. The third-order valence-electron chi connectivity index (χ3n) is 3.80. The predicted molar refractivity (Wildman–Crippen MR) is 87.7 cm³/mol. The van der Waals surface area contributed by atoms with Gasteiger partial charge in [-0.3, -0.25) is 9.52 Å². The number of ether oxygens (including phenoxy) is 1. The Kier molecular flexibility index (Phi) is 3.31. The number of nitrogens with one attached hydrogen (secondary N) is 2. The first-order valence-corrected chi connectivity index (χ1v) is 9.57. The summed E-state index contributed by atoms with van der Waals surface area (Å²) in [7, 11) is -3.68. The average Bonchev–Trinajstić information content (AvgIpc) is 3.23. The van der Waals surface area contributed by atoms with E-state index in [1.807, 2.05) is 6.07 Å². The number of sulfonamides is 1. The molecule has 1 aliphatic carbocycles. The Hall–Kier alpha value is -2.06. The van der Waals surface area contributed by atoms with Crippen molar-refractivity contribution in [2.24, 2.45) is 0 Å². The minimum Gasteiger partial charge on any atom is -0.479 e. The normalized spacial score (nSPS) is 17.1. The van der Waals surface area contributed by atoms with Crippen molar-refractivity contribution in [1.82, 2.24) is 0 Å². The molecule has 0 spiro atoms. The van der Waals surface area contributed by atoms with Gasteiger partial charge in [-0.05, 0) is 47.9 Å². The highest BCUT2D eigenvalue weighted by molar-refractivity contribution is 7.94. The summed E-state index contributed by atoms with van der Waals surface area (Å²) >= 11 is 1.22. The maximum atomic E-state index is 12.7. The fraction of sp³-hybridized carbons (Fsp3) is 0.267. The summed E-state index contributed by atoms with van der Waals surface area (Å²) in [4.78, 5) is 11.4. The second-order valence-electron chi connectivity index (χ2n) is 5.56. The number of para-hydroxylation sites is 1. The summed E-state index contributed by atoms with van der Waals surface area (Å²) in [6.45, 7) is -0.127. The highest BCUT2D eigenvalue weighted by atomic mass is 32.2. The third kappa shape index (κ3) is 2.68. The van der Waals surface area contributed by atoms with Crippen LogP contribution in [0.2, 0.25) is 0 Å². The molecule has 6 nitrogen and oxygen atoms in total. The first kappa shape index (κ1) is 14.5. The first-order chi connectivity index (χ1) is 11.0. The lowest BCUT2D eigenvalue weighted by atomic mass is 10.2. The fourth-order valence-electron chi connectivity index (χ4n) is 2.61. The molecular weight excluding hydrogens is 336 g/mol. The van der Waals surface area contributed by atoms with Crippen molar-refractivity contribution in [3.05, 3.63) is 35.2 Å². The molecule has 1 aromatic heterocycles. The quantitative estimate of drug-likeness (QED) is 0.888. The molecule has 120 valence electrons. The van der Waals surface area contributed by atoms with E-state index < -0.39 is 10.0 Å². The van der Waals surface area contributed by atoms with Gasteiger partial charge in [-0.15, -0.1) is 11.3 Å². The minimum absolute atomic E-state index is 0.127. The molecule has 1 saturated carbocycles. The van der Waals surface area contributed by atoms with Crippen molar-refractivity contribution >= 4 is 38.6 Å². The second kappa shape index (κ2) is 5.24. The molecule has 2 heterocycles. The summed E-state index contributed by atoms with van der Waals surface area (Å²) in [5, 5.41) is 4.47. The number of rotatable bonds is 4. The van der Waals surface area contributed by atoms with Crippen molar-refractivity contribution in [1.29, 1.82) is 0 Å². The zero-order chi connectivity index (χ0) is 16.0. The van der Waals surface area contributed by atoms with Crippen molar-refractivity contribution in [3.63, 3.8) is 0 Å². The van der Waals surface area contributed by atoms with E-state index in [0.29, 0.717) is 27.3 Å². The molecule has 23 heavy (non-hydrogen) atoms. The Morgan fingerprint density at radius 3 is 2.87 bits per heavy atom. The van der Waals surface area contributed by atoms with E-state index >= 15 is 0 Å². The van der Waals surface area contributed by atoms with Gasteiger partial charge < -0.3 is 10.1 Å². The molecule has 0 saturated heterocycles. The Morgan fingerprint density at radius 2 is 2.09 bits per heavy atom. The number of carbonyl (C=O) groups is 1. The van der Waals surface area contributed by atoms with E-state index in [-0.39, 0.29) is 12.5 Å². The number of hydrogen-bond donors (Lipinski definition) is 2. The van der Waals surface area contributed by atoms with Gasteiger partial charge in [-0.1, -0.05) is 6.07 Å². The van der Waals surface area contributed by atoms with E-state index in [1.165, 1.54) is 11.3 Å². The van der Waals surface area contributed by atoms with Gasteiger partial charge in [0.05, 0.1) is 11.4 Å². The van der Waals surface area contributed by atoms with Crippen LogP contribution < -0.4 is 14.8 Å². The van der Waals surface area contributed by atoms with Crippen LogP contribution in [0.3, 0.4) is 0 Å². The van der Waals surface area contributed by atoms with Crippen LogP contribution in [-0.4, -0.2) is 20.9 Å². The van der Waals surface area contributed by atoms with E-state index in [9.17, 15) is 13.2 Å². The average molecular weight is 350 g/mol. The van der Waals surface area contributed by atoms with Crippen LogP contribution in [0.25, 0.3) is 0 Å². The molecule has 2 aromatic rings.